The molecule has 0 atom stereocenters. The number of hydrogen-bond acceptors (Lipinski definition) is 10. The van der Waals surface area contributed by atoms with E-state index in [2.05, 4.69) is 60.0 Å². The highest BCUT2D eigenvalue weighted by atomic mass is 15.2. The van der Waals surface area contributed by atoms with Crippen LogP contribution in [0.15, 0.2) is 20.0 Å². The standard InChI is InChI=1S/C15H31N5.C13H27N5.C9H19N3.C8H17N3/c16-15(17-7-5-13-19-9-1-2-10-19)18-8-6-14-20-11-3-4-12-20;14-13(15-5-11-17-7-1-2-8-17)16-6-12-18-9-3-4-10-18;1-9(10)11-5-4-8-12-6-2-3-7-12;1-8(9)10-4-7-11-5-2-3-6-11/h1-14H2,(H3,16,17,18);1-12H2,(H3,14,15,16);2-8H2,1H3,(H2,10,11);2-7H2,1H3,(H2,9,10). The Balaban J connectivity index is 0.000000223. The van der Waals surface area contributed by atoms with Crippen LogP contribution in [0, 0.1) is 0 Å². The van der Waals surface area contributed by atoms with Gasteiger partial charge in [-0.2, -0.15) is 0 Å². The summed E-state index contributed by atoms with van der Waals surface area (Å²) in [6.45, 7) is 30.8. The minimum atomic E-state index is 0.605. The monoisotopic (exact) mass is 859 g/mol. The van der Waals surface area contributed by atoms with Crippen molar-refractivity contribution < 1.29 is 0 Å². The van der Waals surface area contributed by atoms with E-state index in [-0.39, 0.29) is 0 Å². The Morgan fingerprint density at radius 3 is 1.02 bits per heavy atom. The van der Waals surface area contributed by atoms with Crippen LogP contribution < -0.4 is 33.6 Å². The molecule has 0 aromatic rings. The number of aliphatic imine (C=N–C) groups is 4. The van der Waals surface area contributed by atoms with Crippen molar-refractivity contribution >= 4 is 23.6 Å². The van der Waals surface area contributed by atoms with Crippen molar-refractivity contribution in [2.75, 3.05) is 157 Å². The maximum Gasteiger partial charge on any atom is 0.188 e. The van der Waals surface area contributed by atoms with E-state index in [0.29, 0.717) is 23.6 Å². The minimum Gasteiger partial charge on any atom is -0.388 e. The van der Waals surface area contributed by atoms with E-state index in [4.69, 9.17) is 22.9 Å². The van der Waals surface area contributed by atoms with Gasteiger partial charge in [-0.25, -0.2) is 0 Å². The Bertz CT molecular complexity index is 1170. The average Bonchev–Trinajstić information content (AvgIpc) is 4.09. The lowest BCUT2D eigenvalue weighted by molar-refractivity contribution is 0.333. The van der Waals surface area contributed by atoms with E-state index >= 15 is 0 Å². The second-order valence-electron chi connectivity index (χ2n) is 17.8. The Labute approximate surface area is 372 Å². The average molecular weight is 859 g/mol. The van der Waals surface area contributed by atoms with Crippen molar-refractivity contribution in [1.82, 2.24) is 40.0 Å². The summed E-state index contributed by atoms with van der Waals surface area (Å²) in [7, 11) is 0. The Morgan fingerprint density at radius 1 is 0.344 bits per heavy atom. The van der Waals surface area contributed by atoms with Crippen LogP contribution in [0.3, 0.4) is 0 Å². The van der Waals surface area contributed by atoms with Gasteiger partial charge >= 0.3 is 0 Å². The maximum absolute atomic E-state index is 5.87. The first-order valence-corrected chi connectivity index (χ1v) is 24.7. The molecule has 16 heteroatoms. The largest absolute Gasteiger partial charge is 0.388 e. The van der Waals surface area contributed by atoms with Crippen LogP contribution in [-0.2, 0) is 0 Å². The van der Waals surface area contributed by atoms with Crippen LogP contribution in [-0.4, -0.2) is 210 Å². The second-order valence-corrected chi connectivity index (χ2v) is 17.8. The molecule has 0 aliphatic carbocycles. The first-order valence-electron chi connectivity index (χ1n) is 24.7. The van der Waals surface area contributed by atoms with E-state index in [0.717, 1.165) is 78.2 Å². The quantitative estimate of drug-likeness (QED) is 0.0561. The highest BCUT2D eigenvalue weighted by Gasteiger charge is 2.14. The fourth-order valence-corrected chi connectivity index (χ4v) is 8.73. The van der Waals surface area contributed by atoms with Crippen LogP contribution in [0.5, 0.6) is 0 Å². The predicted octanol–water partition coefficient (Wildman–Crippen LogP) is 2.25. The number of hydrogen-bond donors (Lipinski definition) is 6. The van der Waals surface area contributed by atoms with E-state index in [9.17, 15) is 0 Å². The molecule has 6 saturated heterocycles. The lowest BCUT2D eigenvalue weighted by atomic mass is 10.4. The summed E-state index contributed by atoms with van der Waals surface area (Å²) < 4.78 is 0. The molecule has 0 aromatic heterocycles. The number of nitrogens with zero attached hydrogens (tertiary/aromatic N) is 10. The molecule has 6 rings (SSSR count). The molecule has 0 bridgehead atoms. The molecule has 16 nitrogen and oxygen atoms in total. The zero-order valence-electron chi connectivity index (χ0n) is 39.4. The van der Waals surface area contributed by atoms with Gasteiger partial charge in [0.05, 0.1) is 24.8 Å². The molecule has 0 radical (unpaired) electrons. The van der Waals surface area contributed by atoms with Gasteiger partial charge in [0, 0.05) is 45.8 Å². The van der Waals surface area contributed by atoms with Crippen molar-refractivity contribution in [2.24, 2.45) is 42.9 Å². The number of rotatable bonds is 21. The first kappa shape index (κ1) is 52.6. The summed E-state index contributed by atoms with van der Waals surface area (Å²) in [5, 5.41) is 6.43. The molecule has 6 aliphatic rings. The van der Waals surface area contributed by atoms with Crippen LogP contribution in [0.1, 0.15) is 110 Å². The second kappa shape index (κ2) is 34.7. The third-order valence-corrected chi connectivity index (χ3v) is 12.3. The Kier molecular flexibility index (Phi) is 29.9. The summed E-state index contributed by atoms with van der Waals surface area (Å²) in [6, 6.07) is 0. The SMILES string of the molecule is CC(N)=NCCCN1CCCC1.CC(N)=NCCN1CCCC1.NC(=NCCCN1CCCC1)NCCCN1CCCC1.NC(=NCCN1CCCC1)NCCN1CCCC1. The third-order valence-electron chi connectivity index (χ3n) is 12.3. The number of nitrogens with one attached hydrogen (secondary N) is 2. The minimum absolute atomic E-state index is 0.605. The topological polar surface area (TPSA) is 197 Å². The van der Waals surface area contributed by atoms with E-state index < -0.39 is 0 Å². The van der Waals surface area contributed by atoms with Crippen molar-refractivity contribution in [3.05, 3.63) is 0 Å². The fourth-order valence-electron chi connectivity index (χ4n) is 8.73. The first-order chi connectivity index (χ1) is 29.8. The van der Waals surface area contributed by atoms with Gasteiger partial charge in [-0.05, 0) is 208 Å². The lowest BCUT2D eigenvalue weighted by Gasteiger charge is -2.15. The molecule has 0 unspecified atom stereocenters. The zero-order chi connectivity index (χ0) is 43.6. The van der Waals surface area contributed by atoms with Crippen molar-refractivity contribution in [3.8, 4) is 0 Å². The van der Waals surface area contributed by atoms with Crippen molar-refractivity contribution in [1.29, 1.82) is 0 Å². The van der Waals surface area contributed by atoms with E-state index in [1.54, 1.807) is 0 Å². The van der Waals surface area contributed by atoms with Gasteiger partial charge in [-0.1, -0.05) is 0 Å². The highest BCUT2D eigenvalue weighted by molar-refractivity contribution is 5.78. The molecule has 0 saturated carbocycles. The molecule has 0 aromatic carbocycles. The third kappa shape index (κ3) is 28.5. The van der Waals surface area contributed by atoms with Gasteiger partial charge in [0.1, 0.15) is 0 Å². The molecule has 0 amide bonds. The predicted molar refractivity (Wildman–Crippen MR) is 261 cm³/mol. The normalized spacial score (nSPS) is 21.6. The fraction of sp³-hybridized carbons (Fsp3) is 0.911. The van der Waals surface area contributed by atoms with E-state index in [1.807, 2.05) is 13.8 Å². The van der Waals surface area contributed by atoms with Gasteiger partial charge in [-0.3, -0.25) is 20.0 Å². The zero-order valence-corrected chi connectivity index (χ0v) is 39.4. The highest BCUT2D eigenvalue weighted by Crippen LogP contribution is 2.10. The summed E-state index contributed by atoms with van der Waals surface area (Å²) >= 11 is 0. The molecule has 0 spiro atoms. The summed E-state index contributed by atoms with van der Waals surface area (Å²) in [5.41, 5.74) is 22.6. The number of guanidine groups is 2. The Hall–Kier alpha value is -2.76. The van der Waals surface area contributed by atoms with Gasteiger partial charge in [0.2, 0.25) is 0 Å². The smallest absolute Gasteiger partial charge is 0.188 e. The van der Waals surface area contributed by atoms with Gasteiger partial charge < -0.3 is 63.0 Å². The lowest BCUT2D eigenvalue weighted by Crippen LogP contribution is -2.38. The molecule has 354 valence electrons. The van der Waals surface area contributed by atoms with Crippen molar-refractivity contribution in [2.45, 2.75) is 110 Å². The van der Waals surface area contributed by atoms with Crippen molar-refractivity contribution in [3.63, 3.8) is 0 Å². The maximum atomic E-state index is 5.87. The molecule has 6 fully saturated rings. The van der Waals surface area contributed by atoms with Gasteiger partial charge in [0.15, 0.2) is 11.9 Å². The molecule has 6 aliphatic heterocycles. The summed E-state index contributed by atoms with van der Waals surface area (Å²) in [6.07, 6.45) is 19.7. The van der Waals surface area contributed by atoms with Gasteiger partial charge in [-0.15, -0.1) is 0 Å². The van der Waals surface area contributed by atoms with Crippen LogP contribution in [0.4, 0.5) is 0 Å². The molecule has 61 heavy (non-hydrogen) atoms. The van der Waals surface area contributed by atoms with Crippen LogP contribution >= 0.6 is 0 Å². The number of amidine groups is 2. The van der Waals surface area contributed by atoms with Crippen LogP contribution in [0.2, 0.25) is 0 Å². The summed E-state index contributed by atoms with van der Waals surface area (Å²) in [4.78, 5) is 32.0. The molecule has 10 N–H and O–H groups in total. The molecular weight excluding hydrogens is 765 g/mol. The molecular formula is C45H94N16. The number of likely N-dealkylation sites (tertiary alicyclic amines) is 6. The summed E-state index contributed by atoms with van der Waals surface area (Å²) in [5.74, 6) is 2.63. The molecule has 6 heterocycles. The van der Waals surface area contributed by atoms with E-state index in [1.165, 1.54) is 175 Å². The Morgan fingerprint density at radius 2 is 0.623 bits per heavy atom. The number of nitrogens with two attached hydrogens (primary N) is 4. The van der Waals surface area contributed by atoms with Crippen LogP contribution in [0.25, 0.3) is 0 Å². The van der Waals surface area contributed by atoms with Gasteiger partial charge in [0.25, 0.3) is 0 Å².